The summed E-state index contributed by atoms with van der Waals surface area (Å²) in [5, 5.41) is 5.48. The molecule has 1 aliphatic carbocycles. The van der Waals surface area contributed by atoms with Crippen molar-refractivity contribution in [2.45, 2.75) is 58.2 Å². The van der Waals surface area contributed by atoms with Gasteiger partial charge in [-0.1, -0.05) is 0 Å². The van der Waals surface area contributed by atoms with Gasteiger partial charge in [-0.15, -0.1) is 0 Å². The highest BCUT2D eigenvalue weighted by atomic mass is 16.6. The van der Waals surface area contributed by atoms with E-state index in [4.69, 9.17) is 10.5 Å². The minimum atomic E-state index is -0.495. The predicted octanol–water partition coefficient (Wildman–Crippen LogP) is 2.29. The molecule has 2 aromatic rings. The lowest BCUT2D eigenvalue weighted by atomic mass is 10.1. The Hall–Kier alpha value is -2.38. The van der Waals surface area contributed by atoms with Crippen LogP contribution in [0.5, 0.6) is 0 Å². The molecule has 134 valence electrons. The van der Waals surface area contributed by atoms with Gasteiger partial charge < -0.3 is 15.4 Å². The van der Waals surface area contributed by atoms with Gasteiger partial charge in [0.25, 0.3) is 0 Å². The Balaban J connectivity index is 1.67. The van der Waals surface area contributed by atoms with Crippen LogP contribution in [-0.2, 0) is 4.74 Å². The fourth-order valence-electron chi connectivity index (χ4n) is 4.18. The van der Waals surface area contributed by atoms with E-state index in [1.165, 1.54) is 6.33 Å². The van der Waals surface area contributed by atoms with Crippen molar-refractivity contribution in [1.29, 1.82) is 0 Å². The standard InChI is InChI=1S/C17H24N6O2/c1-9-13-14(18)19-8-20-15(13)23(21-9)12-6-10-5-11(12)22(7-10)16(24)25-17(2,3)4/h8,10-12H,5-7H2,1-4H3,(H2,18,19,20). The van der Waals surface area contributed by atoms with Gasteiger partial charge in [-0.2, -0.15) is 5.10 Å². The average molecular weight is 344 g/mol. The second-order valence-electron chi connectivity index (χ2n) is 8.09. The number of fused-ring (bicyclic) bond motifs is 3. The summed E-state index contributed by atoms with van der Waals surface area (Å²) in [5.74, 6) is 0.919. The molecule has 1 saturated carbocycles. The first-order valence-corrected chi connectivity index (χ1v) is 8.69. The normalized spacial score (nSPS) is 25.8. The number of carbonyl (C=O) groups excluding carboxylic acids is 1. The van der Waals surface area contributed by atoms with Gasteiger partial charge in [-0.05, 0) is 46.5 Å². The third-order valence-electron chi connectivity index (χ3n) is 5.08. The van der Waals surface area contributed by atoms with Crippen molar-refractivity contribution in [3.63, 3.8) is 0 Å². The van der Waals surface area contributed by atoms with Crippen LogP contribution in [0.25, 0.3) is 11.0 Å². The summed E-state index contributed by atoms with van der Waals surface area (Å²) in [7, 11) is 0. The molecule has 3 unspecified atom stereocenters. The van der Waals surface area contributed by atoms with Crippen LogP contribution in [0, 0.1) is 12.8 Å². The van der Waals surface area contributed by atoms with Crippen molar-refractivity contribution in [1.82, 2.24) is 24.6 Å². The number of aryl methyl sites for hydroxylation is 1. The lowest BCUT2D eigenvalue weighted by molar-refractivity contribution is 0.0135. The van der Waals surface area contributed by atoms with Crippen LogP contribution < -0.4 is 5.73 Å². The zero-order chi connectivity index (χ0) is 17.9. The minimum Gasteiger partial charge on any atom is -0.444 e. The maximum atomic E-state index is 12.6. The van der Waals surface area contributed by atoms with E-state index in [0.29, 0.717) is 11.7 Å². The SMILES string of the molecule is Cc1nn(C2CC3CC2N(C(=O)OC(C)(C)C)C3)c2ncnc(N)c12. The first-order valence-electron chi connectivity index (χ1n) is 8.69. The maximum absolute atomic E-state index is 12.6. The number of likely N-dealkylation sites (tertiary alicyclic amines) is 1. The third kappa shape index (κ3) is 2.60. The van der Waals surface area contributed by atoms with Gasteiger partial charge in [0.05, 0.1) is 23.2 Å². The summed E-state index contributed by atoms with van der Waals surface area (Å²) in [6.45, 7) is 8.34. The summed E-state index contributed by atoms with van der Waals surface area (Å²) in [6, 6.07) is 0.176. The average Bonchev–Trinajstić information content (AvgIpc) is 3.18. The number of piperidine rings is 1. The fourth-order valence-corrected chi connectivity index (χ4v) is 4.18. The monoisotopic (exact) mass is 344 g/mol. The zero-order valence-electron chi connectivity index (χ0n) is 15.1. The van der Waals surface area contributed by atoms with Gasteiger partial charge in [0.1, 0.15) is 17.7 Å². The Labute approximate surface area is 146 Å². The Morgan fingerprint density at radius 1 is 1.28 bits per heavy atom. The van der Waals surface area contributed by atoms with Gasteiger partial charge in [-0.25, -0.2) is 19.4 Å². The van der Waals surface area contributed by atoms with Crippen LogP contribution >= 0.6 is 0 Å². The molecule has 0 aromatic carbocycles. The molecule has 25 heavy (non-hydrogen) atoms. The number of anilines is 1. The topological polar surface area (TPSA) is 99.2 Å². The van der Waals surface area contributed by atoms with E-state index in [2.05, 4.69) is 15.1 Å². The fraction of sp³-hybridized carbons (Fsp3) is 0.647. The number of hydrogen-bond donors (Lipinski definition) is 1. The molecule has 2 fully saturated rings. The highest BCUT2D eigenvalue weighted by Crippen LogP contribution is 2.45. The number of aromatic nitrogens is 4. The van der Waals surface area contributed by atoms with E-state index >= 15 is 0 Å². The van der Waals surface area contributed by atoms with E-state index in [1.54, 1.807) is 0 Å². The van der Waals surface area contributed by atoms with Crippen molar-refractivity contribution in [3.8, 4) is 0 Å². The minimum absolute atomic E-state index is 0.0820. The van der Waals surface area contributed by atoms with E-state index in [1.807, 2.05) is 37.3 Å². The van der Waals surface area contributed by atoms with E-state index < -0.39 is 5.60 Å². The number of rotatable bonds is 1. The second-order valence-corrected chi connectivity index (χ2v) is 8.09. The van der Waals surface area contributed by atoms with E-state index in [-0.39, 0.29) is 18.2 Å². The lowest BCUT2D eigenvalue weighted by Crippen LogP contribution is -2.45. The molecule has 1 saturated heterocycles. The smallest absolute Gasteiger partial charge is 0.410 e. The largest absolute Gasteiger partial charge is 0.444 e. The first kappa shape index (κ1) is 16.1. The molecule has 2 aromatic heterocycles. The Morgan fingerprint density at radius 2 is 2.00 bits per heavy atom. The van der Waals surface area contributed by atoms with Crippen LogP contribution in [0.1, 0.15) is 45.3 Å². The van der Waals surface area contributed by atoms with Crippen molar-refractivity contribution >= 4 is 22.9 Å². The van der Waals surface area contributed by atoms with Gasteiger partial charge in [0.15, 0.2) is 5.65 Å². The molecule has 3 atom stereocenters. The molecule has 2 bridgehead atoms. The Morgan fingerprint density at radius 3 is 2.68 bits per heavy atom. The highest BCUT2D eigenvalue weighted by molar-refractivity contribution is 5.88. The molecule has 8 nitrogen and oxygen atoms in total. The molecule has 3 heterocycles. The molecule has 0 radical (unpaired) electrons. The molecule has 1 amide bonds. The van der Waals surface area contributed by atoms with Gasteiger partial charge >= 0.3 is 6.09 Å². The predicted molar refractivity (Wildman–Crippen MR) is 93.0 cm³/mol. The number of nitrogen functional groups attached to an aromatic ring is 1. The summed E-state index contributed by atoms with van der Waals surface area (Å²) in [5.41, 5.74) is 7.07. The summed E-state index contributed by atoms with van der Waals surface area (Å²) in [4.78, 5) is 22.9. The lowest BCUT2D eigenvalue weighted by Gasteiger charge is -2.34. The number of hydrogen-bond acceptors (Lipinski definition) is 6. The molecule has 2 N–H and O–H groups in total. The molecule has 4 rings (SSSR count). The van der Waals surface area contributed by atoms with Gasteiger partial charge in [-0.3, -0.25) is 0 Å². The van der Waals surface area contributed by atoms with Crippen molar-refractivity contribution in [2.75, 3.05) is 12.3 Å². The van der Waals surface area contributed by atoms with Crippen molar-refractivity contribution in [2.24, 2.45) is 5.92 Å². The van der Waals surface area contributed by atoms with Crippen LogP contribution in [0.4, 0.5) is 10.6 Å². The van der Waals surface area contributed by atoms with Crippen LogP contribution in [-0.4, -0.2) is 48.9 Å². The van der Waals surface area contributed by atoms with Crippen molar-refractivity contribution < 1.29 is 9.53 Å². The van der Waals surface area contributed by atoms with E-state index in [9.17, 15) is 4.79 Å². The van der Waals surface area contributed by atoms with E-state index in [0.717, 1.165) is 36.1 Å². The molecule has 2 aliphatic rings. The molecule has 8 heteroatoms. The van der Waals surface area contributed by atoms with Crippen molar-refractivity contribution in [3.05, 3.63) is 12.0 Å². The second kappa shape index (κ2) is 5.31. The number of ether oxygens (including phenoxy) is 1. The molecular formula is C17H24N6O2. The number of carbonyl (C=O) groups is 1. The highest BCUT2D eigenvalue weighted by Gasteiger charge is 2.49. The molecular weight excluding hydrogens is 320 g/mol. The van der Waals surface area contributed by atoms with Gasteiger partial charge in [0.2, 0.25) is 0 Å². The molecule has 0 spiro atoms. The maximum Gasteiger partial charge on any atom is 0.410 e. The Bertz CT molecular complexity index is 840. The van der Waals surface area contributed by atoms with Gasteiger partial charge in [0, 0.05) is 6.54 Å². The summed E-state index contributed by atoms with van der Waals surface area (Å²) < 4.78 is 7.52. The van der Waals surface area contributed by atoms with Crippen LogP contribution in [0.2, 0.25) is 0 Å². The third-order valence-corrected chi connectivity index (χ3v) is 5.08. The summed E-state index contributed by atoms with van der Waals surface area (Å²) in [6.07, 6.45) is 3.19. The zero-order valence-corrected chi connectivity index (χ0v) is 15.1. The Kier molecular flexibility index (Phi) is 3.42. The molecule has 1 aliphatic heterocycles. The number of nitrogens with zero attached hydrogens (tertiary/aromatic N) is 5. The van der Waals surface area contributed by atoms with Crippen LogP contribution in [0.15, 0.2) is 6.33 Å². The summed E-state index contributed by atoms with van der Waals surface area (Å²) >= 11 is 0. The van der Waals surface area contributed by atoms with Crippen LogP contribution in [0.3, 0.4) is 0 Å². The first-order chi connectivity index (χ1) is 11.7. The number of nitrogens with two attached hydrogens (primary N) is 1. The quantitative estimate of drug-likeness (QED) is 0.852. The number of amides is 1.